The van der Waals surface area contributed by atoms with Crippen LogP contribution in [-0.2, 0) is 0 Å². The van der Waals surface area contributed by atoms with E-state index in [1.165, 1.54) is 0 Å². The van der Waals surface area contributed by atoms with Gasteiger partial charge in [-0.05, 0) is 93.7 Å². The lowest BCUT2D eigenvalue weighted by atomic mass is 9.97. The number of fused-ring (bicyclic) bond motifs is 1. The van der Waals surface area contributed by atoms with Gasteiger partial charge in [0.15, 0.2) is 0 Å². The molecule has 1 aromatic heterocycles. The minimum absolute atomic E-state index is 0.0116. The fourth-order valence-electron chi connectivity index (χ4n) is 4.18. The molecule has 2 aromatic carbocycles. The number of rotatable bonds is 5. The molecule has 6 heteroatoms. The summed E-state index contributed by atoms with van der Waals surface area (Å²) >= 11 is 0. The summed E-state index contributed by atoms with van der Waals surface area (Å²) in [6, 6.07) is 12.9. The Labute approximate surface area is 183 Å². The van der Waals surface area contributed by atoms with Gasteiger partial charge in [-0.25, -0.2) is 9.97 Å². The summed E-state index contributed by atoms with van der Waals surface area (Å²) in [5.41, 5.74) is 4.92. The molecule has 0 radical (unpaired) electrons. The highest BCUT2D eigenvalue weighted by atomic mass is 16.1. The third-order valence-corrected chi connectivity index (χ3v) is 6.35. The first kappa shape index (κ1) is 19.9. The molecule has 0 atom stereocenters. The molecule has 2 N–H and O–H groups in total. The van der Waals surface area contributed by atoms with E-state index in [1.54, 1.807) is 0 Å². The van der Waals surface area contributed by atoms with Crippen LogP contribution in [0.25, 0.3) is 22.0 Å². The summed E-state index contributed by atoms with van der Waals surface area (Å²) in [4.78, 5) is 24.1. The normalized spacial score (nSPS) is 17.6. The Balaban J connectivity index is 1.37. The third-order valence-electron chi connectivity index (χ3n) is 6.35. The fraction of sp³-hybridized carbons (Fsp3) is 0.400. The van der Waals surface area contributed by atoms with Crippen molar-refractivity contribution < 1.29 is 4.79 Å². The van der Waals surface area contributed by atoms with Crippen LogP contribution in [-0.4, -0.2) is 53.0 Å². The van der Waals surface area contributed by atoms with Crippen molar-refractivity contribution in [3.8, 4) is 11.1 Å². The average molecular weight is 416 g/mol. The van der Waals surface area contributed by atoms with Gasteiger partial charge in [-0.1, -0.05) is 12.1 Å². The molecule has 2 aliphatic rings. The van der Waals surface area contributed by atoms with Crippen molar-refractivity contribution >= 4 is 22.8 Å². The smallest absolute Gasteiger partial charge is 0.251 e. The lowest BCUT2D eigenvalue weighted by Crippen LogP contribution is -2.37. The Kier molecular flexibility index (Phi) is 5.32. The van der Waals surface area contributed by atoms with E-state index >= 15 is 0 Å². The van der Waals surface area contributed by atoms with E-state index in [2.05, 4.69) is 46.6 Å². The number of anilines is 1. The van der Waals surface area contributed by atoms with E-state index in [4.69, 9.17) is 4.98 Å². The van der Waals surface area contributed by atoms with Crippen LogP contribution in [0.4, 0.5) is 5.95 Å². The van der Waals surface area contributed by atoms with Crippen molar-refractivity contribution in [2.45, 2.75) is 44.7 Å². The first-order valence-electron chi connectivity index (χ1n) is 11.2. The monoisotopic (exact) mass is 415 g/mol. The lowest BCUT2D eigenvalue weighted by molar-refractivity contribution is 0.0951. The molecule has 2 heterocycles. The van der Waals surface area contributed by atoms with E-state index in [0.717, 1.165) is 66.4 Å². The van der Waals surface area contributed by atoms with Gasteiger partial charge in [-0.15, -0.1) is 0 Å². The molecule has 31 heavy (non-hydrogen) atoms. The lowest BCUT2D eigenvalue weighted by Gasteiger charge is -2.29. The number of carbonyl (C=O) groups excluding carboxylic acids is 1. The van der Waals surface area contributed by atoms with E-state index < -0.39 is 0 Å². The molecule has 1 saturated carbocycles. The standard InChI is InChI=1S/C25H29N5O/c1-16-3-4-18(24(31)27-20-6-7-20)14-22(16)17-5-8-23-19(13-17)15-26-25(29-23)28-21-9-11-30(2)12-10-21/h3-5,8,13-15,20-21H,6-7,9-12H2,1-2H3,(H,27,31)(H,26,28,29). The summed E-state index contributed by atoms with van der Waals surface area (Å²) < 4.78 is 0. The number of benzene rings is 2. The van der Waals surface area contributed by atoms with E-state index in [9.17, 15) is 4.79 Å². The number of carbonyl (C=O) groups is 1. The molecule has 1 amide bonds. The summed E-state index contributed by atoms with van der Waals surface area (Å²) in [5.74, 6) is 0.710. The zero-order chi connectivity index (χ0) is 21.4. The number of nitrogens with zero attached hydrogens (tertiary/aromatic N) is 3. The second-order valence-electron chi connectivity index (χ2n) is 8.97. The van der Waals surface area contributed by atoms with Crippen molar-refractivity contribution in [3.63, 3.8) is 0 Å². The Hall–Kier alpha value is -2.99. The summed E-state index contributed by atoms with van der Waals surface area (Å²) in [5, 5.41) is 7.57. The van der Waals surface area contributed by atoms with Gasteiger partial charge in [-0.2, -0.15) is 0 Å². The topological polar surface area (TPSA) is 70.2 Å². The number of hydrogen-bond acceptors (Lipinski definition) is 5. The van der Waals surface area contributed by atoms with E-state index in [0.29, 0.717) is 23.6 Å². The number of likely N-dealkylation sites (tertiary alicyclic amines) is 1. The van der Waals surface area contributed by atoms with Crippen molar-refractivity contribution in [2.75, 3.05) is 25.5 Å². The van der Waals surface area contributed by atoms with Gasteiger partial charge in [0, 0.05) is 29.2 Å². The summed E-state index contributed by atoms with van der Waals surface area (Å²) in [6.07, 6.45) is 6.29. The second-order valence-corrected chi connectivity index (χ2v) is 8.97. The van der Waals surface area contributed by atoms with Crippen molar-refractivity contribution in [2.24, 2.45) is 0 Å². The molecule has 1 aliphatic carbocycles. The summed E-state index contributed by atoms with van der Waals surface area (Å²) in [6.45, 7) is 4.28. The minimum Gasteiger partial charge on any atom is -0.351 e. The van der Waals surface area contributed by atoms with E-state index in [1.807, 2.05) is 30.5 Å². The quantitative estimate of drug-likeness (QED) is 0.659. The first-order valence-corrected chi connectivity index (χ1v) is 11.2. The fourth-order valence-corrected chi connectivity index (χ4v) is 4.18. The first-order chi connectivity index (χ1) is 15.0. The van der Waals surface area contributed by atoms with Crippen LogP contribution in [0.2, 0.25) is 0 Å². The number of aryl methyl sites for hydroxylation is 1. The number of piperidine rings is 1. The molecule has 0 bridgehead atoms. The van der Waals surface area contributed by atoms with Crippen molar-refractivity contribution in [1.82, 2.24) is 20.2 Å². The Morgan fingerprint density at radius 3 is 2.61 bits per heavy atom. The highest BCUT2D eigenvalue weighted by Gasteiger charge is 2.24. The van der Waals surface area contributed by atoms with Gasteiger partial charge >= 0.3 is 0 Å². The SMILES string of the molecule is Cc1ccc(C(=O)NC2CC2)cc1-c1ccc2nc(NC3CCN(C)CC3)ncc2c1. The molecular weight excluding hydrogens is 386 g/mol. The second kappa shape index (κ2) is 8.27. The van der Waals surface area contributed by atoms with Gasteiger partial charge in [0.2, 0.25) is 5.95 Å². The van der Waals surface area contributed by atoms with Gasteiger partial charge in [0.1, 0.15) is 0 Å². The van der Waals surface area contributed by atoms with Gasteiger partial charge in [0.25, 0.3) is 5.91 Å². The largest absolute Gasteiger partial charge is 0.351 e. The van der Waals surface area contributed by atoms with Crippen LogP contribution in [0.3, 0.4) is 0 Å². The number of aromatic nitrogens is 2. The Bertz CT molecular complexity index is 1120. The van der Waals surface area contributed by atoms with Gasteiger partial charge in [-0.3, -0.25) is 4.79 Å². The predicted octanol–water partition coefficient (Wildman–Crippen LogP) is 4.00. The van der Waals surface area contributed by atoms with E-state index in [-0.39, 0.29) is 5.91 Å². The predicted molar refractivity (Wildman–Crippen MR) is 124 cm³/mol. The van der Waals surface area contributed by atoms with Crippen LogP contribution in [0.15, 0.2) is 42.6 Å². The highest BCUT2D eigenvalue weighted by Crippen LogP contribution is 2.28. The number of nitrogens with one attached hydrogen (secondary N) is 2. The van der Waals surface area contributed by atoms with Crippen LogP contribution in [0.1, 0.15) is 41.6 Å². The molecule has 3 aromatic rings. The van der Waals surface area contributed by atoms with Crippen LogP contribution < -0.4 is 10.6 Å². The Morgan fingerprint density at radius 1 is 1.03 bits per heavy atom. The molecule has 0 unspecified atom stereocenters. The molecule has 5 rings (SSSR count). The number of amides is 1. The van der Waals surface area contributed by atoms with Gasteiger partial charge < -0.3 is 15.5 Å². The molecule has 160 valence electrons. The molecule has 0 spiro atoms. The van der Waals surface area contributed by atoms with Crippen molar-refractivity contribution in [3.05, 3.63) is 53.7 Å². The maximum atomic E-state index is 12.5. The highest BCUT2D eigenvalue weighted by molar-refractivity contribution is 5.96. The maximum Gasteiger partial charge on any atom is 0.251 e. The van der Waals surface area contributed by atoms with Gasteiger partial charge in [0.05, 0.1) is 5.52 Å². The van der Waals surface area contributed by atoms with Crippen molar-refractivity contribution in [1.29, 1.82) is 0 Å². The molecule has 1 saturated heterocycles. The van der Waals surface area contributed by atoms with Crippen LogP contribution in [0, 0.1) is 6.92 Å². The number of hydrogen-bond donors (Lipinski definition) is 2. The third kappa shape index (κ3) is 4.54. The molecule has 2 fully saturated rings. The molecular formula is C25H29N5O. The van der Waals surface area contributed by atoms with Crippen LogP contribution >= 0.6 is 0 Å². The van der Waals surface area contributed by atoms with Crippen LogP contribution in [0.5, 0.6) is 0 Å². The summed E-state index contributed by atoms with van der Waals surface area (Å²) in [7, 11) is 2.16. The average Bonchev–Trinajstić information content (AvgIpc) is 3.59. The molecule has 1 aliphatic heterocycles. The molecule has 6 nitrogen and oxygen atoms in total. The maximum absolute atomic E-state index is 12.5. The minimum atomic E-state index is 0.0116. The zero-order valence-corrected chi connectivity index (χ0v) is 18.2. The zero-order valence-electron chi connectivity index (χ0n) is 18.2. The Morgan fingerprint density at radius 2 is 1.84 bits per heavy atom.